The molecule has 0 saturated carbocycles. The van der Waals surface area contributed by atoms with Crippen LogP contribution in [0, 0.1) is 19.8 Å². The summed E-state index contributed by atoms with van der Waals surface area (Å²) in [6.07, 6.45) is 0. The van der Waals surface area contributed by atoms with Crippen molar-refractivity contribution in [1.29, 1.82) is 0 Å². The zero-order valence-electron chi connectivity index (χ0n) is 18.0. The number of nitrogens with one attached hydrogen (secondary N) is 2. The highest BCUT2D eigenvalue weighted by Crippen LogP contribution is 2.24. The largest absolute Gasteiger partial charge is 0.345 e. The molecule has 4 aromatic rings. The molecule has 2 N–H and O–H groups in total. The summed E-state index contributed by atoms with van der Waals surface area (Å²) < 4.78 is 1.67. The molecule has 0 unspecified atom stereocenters. The Morgan fingerprint density at radius 2 is 2.00 bits per heavy atom. The molecule has 31 heavy (non-hydrogen) atoms. The van der Waals surface area contributed by atoms with E-state index in [4.69, 9.17) is 0 Å². The fourth-order valence-corrected chi connectivity index (χ4v) is 4.17. The molecular weight excluding hydrogens is 410 g/mol. The first kappa shape index (κ1) is 21.0. The third kappa shape index (κ3) is 4.61. The number of para-hydroxylation sites is 2. The Balaban J connectivity index is 1.46. The zero-order chi connectivity index (χ0) is 22.0. The normalized spacial score (nSPS) is 12.4. The summed E-state index contributed by atoms with van der Waals surface area (Å²) in [7, 11) is 0. The topological polar surface area (TPSA) is 101 Å². The van der Waals surface area contributed by atoms with Crippen molar-refractivity contribution in [3.8, 4) is 5.69 Å². The molecule has 0 aliphatic carbocycles. The van der Waals surface area contributed by atoms with E-state index in [0.29, 0.717) is 5.16 Å². The number of hydrogen-bond donors (Lipinski definition) is 2. The fraction of sp³-hybridized carbons (Fsp3) is 0.318. The van der Waals surface area contributed by atoms with E-state index in [9.17, 15) is 4.79 Å². The maximum Gasteiger partial charge on any atom is 0.231 e. The first-order chi connectivity index (χ1) is 14.9. The molecule has 0 saturated heterocycles. The minimum Gasteiger partial charge on any atom is -0.345 e. The number of carbonyl (C=O) groups excluding carboxylic acids is 1. The highest BCUT2D eigenvalue weighted by atomic mass is 32.2. The minimum atomic E-state index is -0.212. The van der Waals surface area contributed by atoms with Crippen LogP contribution in [-0.4, -0.2) is 41.8 Å². The van der Waals surface area contributed by atoms with Gasteiger partial charge in [-0.15, -0.1) is 5.10 Å². The smallest absolute Gasteiger partial charge is 0.231 e. The summed E-state index contributed by atoms with van der Waals surface area (Å²) in [5, 5.41) is 15.7. The summed E-state index contributed by atoms with van der Waals surface area (Å²) in [5.41, 5.74) is 5.00. The van der Waals surface area contributed by atoms with Crippen LogP contribution in [0.5, 0.6) is 0 Å². The second-order valence-corrected chi connectivity index (χ2v) is 8.82. The Morgan fingerprint density at radius 3 is 2.74 bits per heavy atom. The van der Waals surface area contributed by atoms with Crippen LogP contribution < -0.4 is 5.32 Å². The van der Waals surface area contributed by atoms with Gasteiger partial charge in [0.15, 0.2) is 0 Å². The van der Waals surface area contributed by atoms with Gasteiger partial charge in [-0.25, -0.2) is 4.98 Å². The Kier molecular flexibility index (Phi) is 6.03. The monoisotopic (exact) mass is 435 g/mol. The summed E-state index contributed by atoms with van der Waals surface area (Å²) in [4.78, 5) is 20.7. The molecule has 160 valence electrons. The van der Waals surface area contributed by atoms with Gasteiger partial charge in [-0.1, -0.05) is 55.4 Å². The Labute approximate surface area is 184 Å². The molecule has 1 atom stereocenters. The second kappa shape index (κ2) is 8.89. The van der Waals surface area contributed by atoms with Crippen molar-refractivity contribution in [3.05, 3.63) is 59.4 Å². The number of nitrogens with zero attached hydrogens (tertiary/aromatic N) is 5. The van der Waals surface area contributed by atoms with E-state index in [0.717, 1.165) is 28.1 Å². The maximum absolute atomic E-state index is 12.7. The van der Waals surface area contributed by atoms with Gasteiger partial charge < -0.3 is 10.3 Å². The molecule has 0 bridgehead atoms. The van der Waals surface area contributed by atoms with Crippen molar-refractivity contribution in [1.82, 2.24) is 35.5 Å². The average molecular weight is 436 g/mol. The van der Waals surface area contributed by atoms with Crippen molar-refractivity contribution in [3.63, 3.8) is 0 Å². The van der Waals surface area contributed by atoms with Crippen molar-refractivity contribution >= 4 is 28.7 Å². The molecule has 2 heterocycles. The van der Waals surface area contributed by atoms with Gasteiger partial charge in [0.2, 0.25) is 11.1 Å². The number of aromatic amines is 1. The molecule has 8 nitrogen and oxygen atoms in total. The van der Waals surface area contributed by atoms with E-state index < -0.39 is 0 Å². The van der Waals surface area contributed by atoms with Crippen LogP contribution in [0.15, 0.2) is 47.6 Å². The molecule has 0 fully saturated rings. The number of benzene rings is 2. The number of hydrogen-bond acceptors (Lipinski definition) is 6. The van der Waals surface area contributed by atoms with E-state index in [2.05, 4.69) is 50.7 Å². The third-order valence-electron chi connectivity index (χ3n) is 5.04. The van der Waals surface area contributed by atoms with E-state index in [1.54, 1.807) is 4.68 Å². The van der Waals surface area contributed by atoms with Crippen LogP contribution in [0.2, 0.25) is 0 Å². The van der Waals surface area contributed by atoms with Crippen LogP contribution in [0.1, 0.15) is 36.8 Å². The van der Waals surface area contributed by atoms with Gasteiger partial charge in [0.05, 0.1) is 28.5 Å². The molecule has 0 radical (unpaired) electrons. The van der Waals surface area contributed by atoms with E-state index >= 15 is 0 Å². The molecule has 0 spiro atoms. The van der Waals surface area contributed by atoms with Gasteiger partial charge in [0.1, 0.15) is 5.82 Å². The molecule has 4 rings (SSSR count). The molecule has 0 aliphatic heterocycles. The van der Waals surface area contributed by atoms with Gasteiger partial charge in [-0.05, 0) is 54.0 Å². The number of imidazole rings is 1. The van der Waals surface area contributed by atoms with E-state index in [1.807, 2.05) is 50.2 Å². The van der Waals surface area contributed by atoms with E-state index in [-0.39, 0.29) is 23.6 Å². The van der Waals surface area contributed by atoms with Crippen molar-refractivity contribution in [2.24, 2.45) is 5.92 Å². The number of fused-ring (bicyclic) bond motifs is 1. The highest BCUT2D eigenvalue weighted by molar-refractivity contribution is 7.99. The summed E-state index contributed by atoms with van der Waals surface area (Å²) in [6, 6.07) is 13.7. The molecular formula is C22H25N7OS. The summed E-state index contributed by atoms with van der Waals surface area (Å²) in [5.74, 6) is 1.04. The predicted molar refractivity (Wildman–Crippen MR) is 121 cm³/mol. The average Bonchev–Trinajstić information content (AvgIpc) is 3.37. The number of amides is 1. The quantitative estimate of drug-likeness (QED) is 0.429. The summed E-state index contributed by atoms with van der Waals surface area (Å²) in [6.45, 7) is 8.19. The molecule has 0 aliphatic rings. The predicted octanol–water partition coefficient (Wildman–Crippen LogP) is 3.76. The van der Waals surface area contributed by atoms with Crippen LogP contribution in [0.25, 0.3) is 16.7 Å². The number of tetrazole rings is 1. The minimum absolute atomic E-state index is 0.0978. The number of carbonyl (C=O) groups is 1. The van der Waals surface area contributed by atoms with Crippen LogP contribution in [0.3, 0.4) is 0 Å². The molecule has 2 aromatic carbocycles. The Bertz CT molecular complexity index is 1180. The van der Waals surface area contributed by atoms with Gasteiger partial charge in [0, 0.05) is 0 Å². The van der Waals surface area contributed by atoms with E-state index in [1.165, 1.54) is 17.3 Å². The summed E-state index contributed by atoms with van der Waals surface area (Å²) >= 11 is 1.31. The first-order valence-electron chi connectivity index (χ1n) is 10.1. The number of thioether (sulfide) groups is 1. The van der Waals surface area contributed by atoms with Crippen LogP contribution in [0.4, 0.5) is 0 Å². The Morgan fingerprint density at radius 1 is 1.19 bits per heavy atom. The lowest BCUT2D eigenvalue weighted by molar-refractivity contribution is -0.119. The highest BCUT2D eigenvalue weighted by Gasteiger charge is 2.22. The van der Waals surface area contributed by atoms with Crippen LogP contribution >= 0.6 is 11.8 Å². The third-order valence-corrected chi connectivity index (χ3v) is 5.96. The lowest BCUT2D eigenvalue weighted by atomic mass is 10.0. The standard InChI is InChI=1S/C22H25N7OS/c1-13(2)20(21-23-16-7-5-6-8-17(16)24-21)25-19(30)12-31-22-26-27-28-29(22)18-10-9-14(3)11-15(18)4/h5-11,13,20H,12H2,1-4H3,(H,23,24)(H,25,30)/t20-/m1/s1. The van der Waals surface area contributed by atoms with Gasteiger partial charge in [-0.2, -0.15) is 4.68 Å². The number of H-pyrrole nitrogens is 1. The maximum atomic E-state index is 12.7. The van der Waals surface area contributed by atoms with Crippen molar-refractivity contribution in [2.75, 3.05) is 5.75 Å². The molecule has 1 amide bonds. The number of aromatic nitrogens is 6. The van der Waals surface area contributed by atoms with Crippen molar-refractivity contribution < 1.29 is 4.79 Å². The number of aryl methyl sites for hydroxylation is 2. The lowest BCUT2D eigenvalue weighted by Crippen LogP contribution is -2.33. The molecule has 2 aromatic heterocycles. The fourth-order valence-electron chi connectivity index (χ4n) is 3.48. The van der Waals surface area contributed by atoms with Crippen molar-refractivity contribution in [2.45, 2.75) is 38.9 Å². The van der Waals surface area contributed by atoms with Gasteiger partial charge in [-0.3, -0.25) is 4.79 Å². The first-order valence-corrected chi connectivity index (χ1v) is 11.1. The lowest BCUT2D eigenvalue weighted by Gasteiger charge is -2.20. The van der Waals surface area contributed by atoms with Gasteiger partial charge >= 0.3 is 0 Å². The van der Waals surface area contributed by atoms with Crippen LogP contribution in [-0.2, 0) is 4.79 Å². The van der Waals surface area contributed by atoms with Gasteiger partial charge in [0.25, 0.3) is 0 Å². The SMILES string of the molecule is Cc1ccc(-n2nnnc2SCC(=O)N[C@@H](c2nc3ccccc3[nH]2)C(C)C)c(C)c1. The molecule has 9 heteroatoms. The second-order valence-electron chi connectivity index (χ2n) is 7.88. The number of rotatable bonds is 7. The zero-order valence-corrected chi connectivity index (χ0v) is 18.8. The Hall–Kier alpha value is -3.20.